The quantitative estimate of drug-likeness (QED) is 0.634. The van der Waals surface area contributed by atoms with Gasteiger partial charge in [0.2, 0.25) is 0 Å². The van der Waals surface area contributed by atoms with Gasteiger partial charge in [0.25, 0.3) is 11.5 Å². The van der Waals surface area contributed by atoms with E-state index in [1.165, 1.54) is 17.5 Å². The number of nitrogens with zero attached hydrogens (tertiary/aromatic N) is 1. The van der Waals surface area contributed by atoms with Gasteiger partial charge in [-0.05, 0) is 29.9 Å². The van der Waals surface area contributed by atoms with Gasteiger partial charge in [-0.25, -0.2) is 4.79 Å². The van der Waals surface area contributed by atoms with Crippen LogP contribution in [-0.4, -0.2) is 26.5 Å². The molecule has 1 amide bonds. The van der Waals surface area contributed by atoms with Crippen LogP contribution in [0.15, 0.2) is 28.6 Å². The lowest BCUT2D eigenvalue weighted by atomic mass is 10.1. The standard InChI is InChI=1S/C18H17N3O4S.CH4/c19-16(22)13-5-9(8-26-13)12-7-21(10-3-1-2-4-10)15-11(18(24)25)6-20-17(23)14(12)15;/h5-8,10H,1-4H2,(H2,19,22)(H,20,23)(H,24,25);1H4. The monoisotopic (exact) mass is 387 g/mol. The van der Waals surface area contributed by atoms with E-state index in [1.54, 1.807) is 11.4 Å². The van der Waals surface area contributed by atoms with Crippen LogP contribution in [0, 0.1) is 0 Å². The van der Waals surface area contributed by atoms with E-state index in [9.17, 15) is 19.5 Å². The molecule has 142 valence electrons. The van der Waals surface area contributed by atoms with Crippen molar-refractivity contribution >= 4 is 34.1 Å². The zero-order valence-corrected chi connectivity index (χ0v) is 14.6. The van der Waals surface area contributed by atoms with E-state index in [0.29, 0.717) is 26.9 Å². The fraction of sp³-hybridized carbons (Fsp3) is 0.316. The van der Waals surface area contributed by atoms with Gasteiger partial charge in [-0.1, -0.05) is 20.3 Å². The van der Waals surface area contributed by atoms with Gasteiger partial charge in [-0.2, -0.15) is 0 Å². The number of thiophene rings is 1. The molecule has 0 unspecified atom stereocenters. The number of carboxylic acids is 1. The largest absolute Gasteiger partial charge is 0.478 e. The average molecular weight is 387 g/mol. The van der Waals surface area contributed by atoms with E-state index in [4.69, 9.17) is 5.73 Å². The number of aromatic amines is 1. The van der Waals surface area contributed by atoms with Crippen LogP contribution < -0.4 is 11.3 Å². The summed E-state index contributed by atoms with van der Waals surface area (Å²) < 4.78 is 1.93. The molecule has 0 aromatic carbocycles. The number of nitrogens with one attached hydrogen (secondary N) is 1. The Kier molecular flexibility index (Phi) is 4.93. The minimum atomic E-state index is -1.08. The highest BCUT2D eigenvalue weighted by molar-refractivity contribution is 7.12. The predicted molar refractivity (Wildman–Crippen MR) is 106 cm³/mol. The van der Waals surface area contributed by atoms with E-state index >= 15 is 0 Å². The molecule has 27 heavy (non-hydrogen) atoms. The van der Waals surface area contributed by atoms with Crippen molar-refractivity contribution in [2.75, 3.05) is 0 Å². The molecule has 4 rings (SSSR count). The zero-order chi connectivity index (χ0) is 18.4. The molecule has 1 saturated carbocycles. The number of aromatic carboxylic acids is 1. The molecule has 0 spiro atoms. The third-order valence-electron chi connectivity index (χ3n) is 4.96. The summed E-state index contributed by atoms with van der Waals surface area (Å²) in [6.07, 6.45) is 7.15. The van der Waals surface area contributed by atoms with E-state index in [1.807, 2.05) is 10.8 Å². The Morgan fingerprint density at radius 2 is 2.00 bits per heavy atom. The van der Waals surface area contributed by atoms with Crippen molar-refractivity contribution < 1.29 is 14.7 Å². The van der Waals surface area contributed by atoms with Gasteiger partial charge in [0.05, 0.1) is 15.8 Å². The number of carbonyl (C=O) groups is 2. The number of H-pyrrole nitrogens is 1. The third-order valence-corrected chi connectivity index (χ3v) is 5.91. The number of amides is 1. The number of pyridine rings is 1. The Balaban J connectivity index is 0.00000210. The molecule has 1 aliphatic rings. The smallest absolute Gasteiger partial charge is 0.339 e. The SMILES string of the molecule is C.NC(=O)c1cc(-c2cn(C3CCCC3)c3c(C(=O)O)c[nH]c(=O)c23)cs1. The fourth-order valence-electron chi connectivity index (χ4n) is 3.77. The number of carbonyl (C=O) groups excluding carboxylic acids is 1. The molecule has 3 heterocycles. The summed E-state index contributed by atoms with van der Waals surface area (Å²) in [6, 6.07) is 1.81. The van der Waals surface area contributed by atoms with Crippen LogP contribution in [0.4, 0.5) is 0 Å². The highest BCUT2D eigenvalue weighted by Crippen LogP contribution is 2.38. The van der Waals surface area contributed by atoms with Crippen LogP contribution >= 0.6 is 11.3 Å². The van der Waals surface area contributed by atoms with Gasteiger partial charge < -0.3 is 20.4 Å². The van der Waals surface area contributed by atoms with Gasteiger partial charge in [0.15, 0.2) is 0 Å². The maximum absolute atomic E-state index is 12.6. The minimum Gasteiger partial charge on any atom is -0.478 e. The Bertz CT molecular complexity index is 1090. The molecule has 8 heteroatoms. The van der Waals surface area contributed by atoms with E-state index < -0.39 is 11.9 Å². The Hall–Kier alpha value is -2.87. The molecule has 7 nitrogen and oxygen atoms in total. The lowest BCUT2D eigenvalue weighted by molar-refractivity contribution is 0.0697. The van der Waals surface area contributed by atoms with Gasteiger partial charge in [0, 0.05) is 24.0 Å². The predicted octanol–water partition coefficient (Wildman–Crippen LogP) is 3.61. The first-order valence-corrected chi connectivity index (χ1v) is 9.23. The van der Waals surface area contributed by atoms with Crippen molar-refractivity contribution in [2.45, 2.75) is 39.2 Å². The van der Waals surface area contributed by atoms with Gasteiger partial charge in [-0.3, -0.25) is 9.59 Å². The number of carboxylic acid groups (broad SMARTS) is 1. The van der Waals surface area contributed by atoms with Crippen molar-refractivity contribution in [3.63, 3.8) is 0 Å². The Morgan fingerprint density at radius 1 is 1.30 bits per heavy atom. The molecule has 4 N–H and O–H groups in total. The molecule has 0 atom stereocenters. The lowest BCUT2D eigenvalue weighted by Crippen LogP contribution is -2.13. The topological polar surface area (TPSA) is 118 Å². The second-order valence-electron chi connectivity index (χ2n) is 6.51. The maximum atomic E-state index is 12.6. The first-order valence-electron chi connectivity index (χ1n) is 8.35. The summed E-state index contributed by atoms with van der Waals surface area (Å²) in [7, 11) is 0. The van der Waals surface area contributed by atoms with Crippen LogP contribution in [0.3, 0.4) is 0 Å². The molecule has 0 saturated heterocycles. The maximum Gasteiger partial charge on any atom is 0.339 e. The molecule has 0 aliphatic heterocycles. The second-order valence-corrected chi connectivity index (χ2v) is 7.42. The Labute approximate surface area is 159 Å². The number of rotatable bonds is 4. The molecule has 1 aliphatic carbocycles. The number of hydrogen-bond acceptors (Lipinski definition) is 4. The number of fused-ring (bicyclic) bond motifs is 1. The summed E-state index contributed by atoms with van der Waals surface area (Å²) in [6.45, 7) is 0. The molecule has 1 fully saturated rings. The zero-order valence-electron chi connectivity index (χ0n) is 13.8. The van der Waals surface area contributed by atoms with Gasteiger partial charge in [0.1, 0.15) is 5.56 Å². The Morgan fingerprint density at radius 3 is 2.59 bits per heavy atom. The molecule has 3 aromatic rings. The first kappa shape index (κ1) is 18.9. The second kappa shape index (κ2) is 7.03. The normalized spacial score (nSPS) is 14.4. The first-order chi connectivity index (χ1) is 12.5. The lowest BCUT2D eigenvalue weighted by Gasteiger charge is -2.14. The van der Waals surface area contributed by atoms with Crippen LogP contribution in [0.2, 0.25) is 0 Å². The van der Waals surface area contributed by atoms with Crippen LogP contribution in [0.5, 0.6) is 0 Å². The summed E-state index contributed by atoms with van der Waals surface area (Å²) in [5.74, 6) is -1.61. The minimum absolute atomic E-state index is 0. The molecule has 0 radical (unpaired) electrons. The number of aromatic nitrogens is 2. The summed E-state index contributed by atoms with van der Waals surface area (Å²) in [4.78, 5) is 38.6. The van der Waals surface area contributed by atoms with E-state index in [0.717, 1.165) is 25.7 Å². The highest BCUT2D eigenvalue weighted by Gasteiger charge is 2.26. The van der Waals surface area contributed by atoms with Crippen LogP contribution in [0.1, 0.15) is 59.2 Å². The molecular weight excluding hydrogens is 366 g/mol. The molecule has 3 aromatic heterocycles. The van der Waals surface area contributed by atoms with Crippen molar-refractivity contribution in [2.24, 2.45) is 5.73 Å². The molecular formula is C19H21N3O4S. The van der Waals surface area contributed by atoms with Gasteiger partial charge >= 0.3 is 5.97 Å². The highest BCUT2D eigenvalue weighted by atomic mass is 32.1. The summed E-state index contributed by atoms with van der Waals surface area (Å²) in [5, 5.41) is 11.7. The van der Waals surface area contributed by atoms with Crippen molar-refractivity contribution in [3.8, 4) is 11.1 Å². The fourth-order valence-corrected chi connectivity index (χ4v) is 4.53. The van der Waals surface area contributed by atoms with Crippen molar-refractivity contribution in [1.82, 2.24) is 9.55 Å². The number of nitrogens with two attached hydrogens (primary N) is 1. The van der Waals surface area contributed by atoms with Gasteiger partial charge in [-0.15, -0.1) is 11.3 Å². The van der Waals surface area contributed by atoms with E-state index in [2.05, 4.69) is 4.98 Å². The van der Waals surface area contributed by atoms with E-state index in [-0.39, 0.29) is 24.6 Å². The number of hydrogen-bond donors (Lipinski definition) is 3. The summed E-state index contributed by atoms with van der Waals surface area (Å²) >= 11 is 1.21. The average Bonchev–Trinajstić information content (AvgIpc) is 3.33. The third kappa shape index (κ3) is 3.06. The van der Waals surface area contributed by atoms with Crippen molar-refractivity contribution in [1.29, 1.82) is 0 Å². The van der Waals surface area contributed by atoms with Crippen molar-refractivity contribution in [3.05, 3.63) is 44.6 Å². The molecule has 0 bridgehead atoms. The number of primary amides is 1. The van der Waals surface area contributed by atoms with Crippen LogP contribution in [0.25, 0.3) is 22.0 Å². The summed E-state index contributed by atoms with van der Waals surface area (Å²) in [5.41, 5.74) is 6.82. The van der Waals surface area contributed by atoms with Crippen LogP contribution in [-0.2, 0) is 0 Å².